The van der Waals surface area contributed by atoms with Crippen molar-refractivity contribution in [1.29, 1.82) is 0 Å². The number of aromatic nitrogens is 6. The number of halogens is 5. The molecule has 15 heteroatoms. The van der Waals surface area contributed by atoms with E-state index in [0.717, 1.165) is 19.3 Å². The van der Waals surface area contributed by atoms with Crippen LogP contribution in [0, 0.1) is 24.7 Å². The zero-order valence-corrected chi connectivity index (χ0v) is 24.6. The third kappa shape index (κ3) is 7.34. The molecule has 0 saturated heterocycles. The molecule has 41 heavy (non-hydrogen) atoms. The molecule has 6 rings (SSSR count). The highest BCUT2D eigenvalue weighted by Gasteiger charge is 2.18. The van der Waals surface area contributed by atoms with Crippen LogP contribution in [0.5, 0.6) is 0 Å². The van der Waals surface area contributed by atoms with Crippen molar-refractivity contribution in [3.63, 3.8) is 0 Å². The third-order valence-electron chi connectivity index (χ3n) is 5.19. The van der Waals surface area contributed by atoms with Crippen molar-refractivity contribution in [1.82, 2.24) is 29.9 Å². The van der Waals surface area contributed by atoms with Crippen LogP contribution in [0.3, 0.4) is 0 Å². The summed E-state index contributed by atoms with van der Waals surface area (Å²) in [5, 5.41) is 28.4. The number of carbonyl (C=O) groups is 2. The number of pyridine rings is 2. The number of nitrogens with one attached hydrogen (secondary N) is 1. The standard InChI is InChI=1S/C13H7FIN3O2.C8H5FN2O2.C5H3FIN/c14-7-1-2-10-9(5-7)12(13(19)20)17-18(10)11-6-8(15)3-4-16-11;9-4-1-2-6-5(3-4)7(8(12)13)11-10-6;6-5-3-4(7)1-2-8-5/h1-6H,(H,19,20);1-3H,(H,10,11)(H,12,13);1-3H. The van der Waals surface area contributed by atoms with E-state index < -0.39 is 29.5 Å². The maximum absolute atomic E-state index is 13.3. The van der Waals surface area contributed by atoms with Gasteiger partial charge in [-0.25, -0.2) is 33.0 Å². The van der Waals surface area contributed by atoms with Gasteiger partial charge in [-0.2, -0.15) is 14.6 Å². The van der Waals surface area contributed by atoms with Crippen LogP contribution < -0.4 is 0 Å². The fraction of sp³-hybridized carbons (Fsp3) is 0. The summed E-state index contributed by atoms with van der Waals surface area (Å²) in [5.41, 5.74) is 0.659. The van der Waals surface area contributed by atoms with Crippen LogP contribution in [0.4, 0.5) is 13.2 Å². The maximum atomic E-state index is 13.3. The average Bonchev–Trinajstić information content (AvgIpc) is 3.51. The van der Waals surface area contributed by atoms with Gasteiger partial charge in [0.2, 0.25) is 5.95 Å². The Labute approximate surface area is 255 Å². The highest BCUT2D eigenvalue weighted by Crippen LogP contribution is 2.23. The molecule has 0 radical (unpaired) electrons. The van der Waals surface area contributed by atoms with Crippen molar-refractivity contribution in [3.05, 3.63) is 109 Å². The minimum absolute atomic E-state index is 0.158. The molecule has 0 aliphatic heterocycles. The Bertz CT molecular complexity index is 1880. The molecule has 4 aromatic heterocycles. The normalized spacial score (nSPS) is 10.5. The molecule has 0 fully saturated rings. The summed E-state index contributed by atoms with van der Waals surface area (Å²) in [6.45, 7) is 0. The van der Waals surface area contributed by atoms with E-state index in [4.69, 9.17) is 10.2 Å². The summed E-state index contributed by atoms with van der Waals surface area (Å²) in [4.78, 5) is 29.3. The van der Waals surface area contributed by atoms with Gasteiger partial charge in [-0.1, -0.05) is 0 Å². The lowest BCUT2D eigenvalue weighted by Gasteiger charge is -2.02. The van der Waals surface area contributed by atoms with Gasteiger partial charge in [-0.05, 0) is 99.8 Å². The molecular formula is C26H15F3I2N6O4. The van der Waals surface area contributed by atoms with Gasteiger partial charge in [0.25, 0.3) is 0 Å². The lowest BCUT2D eigenvalue weighted by atomic mass is 10.2. The molecule has 3 N–H and O–H groups in total. The summed E-state index contributed by atoms with van der Waals surface area (Å²) in [5.74, 6) is -3.29. The predicted octanol–water partition coefficient (Wildman–Crippen LogP) is 6.09. The van der Waals surface area contributed by atoms with Crippen molar-refractivity contribution >= 4 is 78.9 Å². The van der Waals surface area contributed by atoms with Crippen LogP contribution >= 0.6 is 45.2 Å². The third-order valence-corrected chi connectivity index (χ3v) is 6.53. The average molecular weight is 786 g/mol. The van der Waals surface area contributed by atoms with Crippen LogP contribution in [0.2, 0.25) is 0 Å². The molecule has 0 amide bonds. The molecule has 0 atom stereocenters. The molecule has 208 valence electrons. The van der Waals surface area contributed by atoms with Crippen LogP contribution in [0.15, 0.2) is 73.1 Å². The van der Waals surface area contributed by atoms with E-state index in [1.807, 2.05) is 28.7 Å². The van der Waals surface area contributed by atoms with E-state index in [0.29, 0.717) is 16.9 Å². The predicted molar refractivity (Wildman–Crippen MR) is 158 cm³/mol. The fourth-order valence-corrected chi connectivity index (χ4v) is 4.32. The fourth-order valence-electron chi connectivity index (χ4n) is 3.46. The minimum Gasteiger partial charge on any atom is -0.476 e. The van der Waals surface area contributed by atoms with Crippen LogP contribution in [0.1, 0.15) is 21.0 Å². The number of aromatic amines is 1. The van der Waals surface area contributed by atoms with E-state index >= 15 is 0 Å². The number of hydrogen-bond donors (Lipinski definition) is 3. The first-order valence-corrected chi connectivity index (χ1v) is 13.4. The molecule has 2 aromatic carbocycles. The molecule has 0 spiro atoms. The van der Waals surface area contributed by atoms with E-state index in [1.165, 1.54) is 41.2 Å². The Morgan fingerprint density at radius 3 is 1.95 bits per heavy atom. The Morgan fingerprint density at radius 1 is 0.756 bits per heavy atom. The maximum Gasteiger partial charge on any atom is 0.357 e. The molecule has 0 bridgehead atoms. The number of benzene rings is 2. The largest absolute Gasteiger partial charge is 0.476 e. The Hall–Kier alpha value is -4.13. The van der Waals surface area contributed by atoms with Gasteiger partial charge in [0.1, 0.15) is 11.6 Å². The monoisotopic (exact) mass is 786 g/mol. The van der Waals surface area contributed by atoms with Crippen LogP contribution in [-0.4, -0.2) is 52.1 Å². The molecule has 0 aliphatic rings. The first-order chi connectivity index (χ1) is 19.5. The van der Waals surface area contributed by atoms with Gasteiger partial charge in [-0.15, -0.1) is 0 Å². The molecule has 4 heterocycles. The molecular weight excluding hydrogens is 771 g/mol. The number of H-pyrrole nitrogens is 1. The van der Waals surface area contributed by atoms with Gasteiger partial charge >= 0.3 is 11.9 Å². The summed E-state index contributed by atoms with van der Waals surface area (Å²) in [6, 6.07) is 14.4. The SMILES string of the molecule is Fc1cc(I)ccn1.O=C(O)c1n[nH]c2ccc(F)cc12.O=C(O)c1nn(-c2cc(I)ccn2)c2ccc(F)cc12. The molecule has 0 unspecified atom stereocenters. The quantitative estimate of drug-likeness (QED) is 0.144. The summed E-state index contributed by atoms with van der Waals surface area (Å²) in [6.07, 6.45) is 3.05. The number of rotatable bonds is 3. The van der Waals surface area contributed by atoms with Gasteiger partial charge in [0.15, 0.2) is 17.2 Å². The first kappa shape index (κ1) is 29.8. The van der Waals surface area contributed by atoms with Crippen molar-refractivity contribution in [2.45, 2.75) is 0 Å². The zero-order valence-electron chi connectivity index (χ0n) is 20.3. The van der Waals surface area contributed by atoms with E-state index in [1.54, 1.807) is 18.3 Å². The smallest absolute Gasteiger partial charge is 0.357 e. The number of aromatic carboxylic acids is 2. The summed E-state index contributed by atoms with van der Waals surface area (Å²) < 4.78 is 41.3. The topological polar surface area (TPSA) is 147 Å². The van der Waals surface area contributed by atoms with Crippen LogP contribution in [-0.2, 0) is 0 Å². The highest BCUT2D eigenvalue weighted by atomic mass is 127. The van der Waals surface area contributed by atoms with Crippen molar-refractivity contribution in [2.24, 2.45) is 0 Å². The number of carboxylic acid groups (broad SMARTS) is 2. The van der Waals surface area contributed by atoms with Crippen LogP contribution in [0.25, 0.3) is 27.6 Å². The van der Waals surface area contributed by atoms with Gasteiger partial charge < -0.3 is 10.2 Å². The van der Waals surface area contributed by atoms with Crippen molar-refractivity contribution in [3.8, 4) is 5.82 Å². The second-order valence-electron chi connectivity index (χ2n) is 7.92. The number of nitrogens with zero attached hydrogens (tertiary/aromatic N) is 5. The van der Waals surface area contributed by atoms with Gasteiger partial charge in [0, 0.05) is 36.4 Å². The molecule has 0 aliphatic carbocycles. The minimum atomic E-state index is -1.20. The van der Waals surface area contributed by atoms with E-state index in [2.05, 4.69) is 47.9 Å². The summed E-state index contributed by atoms with van der Waals surface area (Å²) in [7, 11) is 0. The van der Waals surface area contributed by atoms with Gasteiger partial charge in [-0.3, -0.25) is 5.10 Å². The lowest BCUT2D eigenvalue weighted by molar-refractivity contribution is 0.0681. The Kier molecular flexibility index (Phi) is 9.48. The number of carboxylic acids is 2. The molecule has 0 saturated carbocycles. The Balaban J connectivity index is 0.000000158. The highest BCUT2D eigenvalue weighted by molar-refractivity contribution is 14.1. The second-order valence-corrected chi connectivity index (χ2v) is 10.4. The van der Waals surface area contributed by atoms with Gasteiger partial charge in [0.05, 0.1) is 11.0 Å². The summed E-state index contributed by atoms with van der Waals surface area (Å²) >= 11 is 4.15. The van der Waals surface area contributed by atoms with E-state index in [-0.39, 0.29) is 22.2 Å². The zero-order chi connectivity index (χ0) is 29.7. The van der Waals surface area contributed by atoms with Crippen molar-refractivity contribution in [2.75, 3.05) is 0 Å². The number of hydrogen-bond acceptors (Lipinski definition) is 6. The number of fused-ring (bicyclic) bond motifs is 2. The molecule has 6 aromatic rings. The van der Waals surface area contributed by atoms with Crippen molar-refractivity contribution < 1.29 is 33.0 Å². The second kappa shape index (κ2) is 13.0. The lowest BCUT2D eigenvalue weighted by Crippen LogP contribution is -2.03. The first-order valence-electron chi connectivity index (χ1n) is 11.2. The Morgan fingerprint density at radius 2 is 1.37 bits per heavy atom. The van der Waals surface area contributed by atoms with E-state index in [9.17, 15) is 22.8 Å². The molecule has 10 nitrogen and oxygen atoms in total.